The van der Waals surface area contributed by atoms with Crippen LogP contribution in [0.15, 0.2) is 77.6 Å². The monoisotopic (exact) mass is 423 g/mol. The molecule has 0 radical (unpaired) electrons. The van der Waals surface area contributed by atoms with E-state index in [0.717, 1.165) is 35.2 Å². The summed E-state index contributed by atoms with van der Waals surface area (Å²) in [6, 6.07) is 22.4. The number of carbonyl (C=O) groups excluding carboxylic acids is 1. The molecule has 1 N–H and O–H groups in total. The van der Waals surface area contributed by atoms with Crippen molar-refractivity contribution in [1.82, 2.24) is 9.55 Å². The third-order valence-corrected chi connectivity index (χ3v) is 6.19. The Balaban J connectivity index is 1.68. The molecule has 1 heterocycles. The number of nitrogens with one attached hydrogen (secondary N) is 1. The van der Waals surface area contributed by atoms with Gasteiger partial charge in [-0.25, -0.2) is 4.98 Å². The Morgan fingerprint density at radius 2 is 1.59 bits per heavy atom. The molecule has 1 aromatic heterocycles. The molecule has 1 atom stereocenters. The summed E-state index contributed by atoms with van der Waals surface area (Å²) in [5.41, 5.74) is 5.11. The lowest BCUT2D eigenvalue weighted by Crippen LogP contribution is -2.36. The molecule has 0 spiro atoms. The van der Waals surface area contributed by atoms with E-state index in [9.17, 15) is 9.59 Å². The highest BCUT2D eigenvalue weighted by molar-refractivity contribution is 5.96. The lowest BCUT2D eigenvalue weighted by molar-refractivity contribution is -0.119. The maximum absolute atomic E-state index is 13.8. The molecule has 1 saturated carbocycles. The highest BCUT2D eigenvalue weighted by atomic mass is 16.2. The normalized spacial score (nSPS) is 14.3. The summed E-state index contributed by atoms with van der Waals surface area (Å²) >= 11 is 0. The molecule has 0 saturated heterocycles. The van der Waals surface area contributed by atoms with E-state index in [-0.39, 0.29) is 17.4 Å². The molecule has 5 heteroatoms. The summed E-state index contributed by atoms with van der Waals surface area (Å²) in [7, 11) is 0. The van der Waals surface area contributed by atoms with Crippen molar-refractivity contribution in [3.05, 3.63) is 94.3 Å². The summed E-state index contributed by atoms with van der Waals surface area (Å²) < 4.78 is 1.67. The zero-order chi connectivity index (χ0) is 22.2. The van der Waals surface area contributed by atoms with Crippen LogP contribution >= 0.6 is 0 Å². The molecule has 5 rings (SSSR count). The van der Waals surface area contributed by atoms with Crippen LogP contribution in [0.25, 0.3) is 22.3 Å². The molecule has 1 unspecified atom stereocenters. The van der Waals surface area contributed by atoms with Gasteiger partial charge in [-0.15, -0.1) is 0 Å². The van der Waals surface area contributed by atoms with Crippen molar-refractivity contribution < 1.29 is 4.79 Å². The van der Waals surface area contributed by atoms with Crippen LogP contribution in [0.3, 0.4) is 0 Å². The van der Waals surface area contributed by atoms with Gasteiger partial charge in [0.25, 0.3) is 5.56 Å². The maximum atomic E-state index is 13.8. The SMILES string of the molecule is Cc1cccc(C)c1NC(=O)C(C1CC1)n1c(=O)c(-c2ccccc2)nc2ccccc21. The van der Waals surface area contributed by atoms with Crippen molar-refractivity contribution in [2.45, 2.75) is 32.7 Å². The van der Waals surface area contributed by atoms with E-state index in [4.69, 9.17) is 0 Å². The van der Waals surface area contributed by atoms with Gasteiger partial charge in [0.1, 0.15) is 11.7 Å². The minimum atomic E-state index is -0.586. The molecule has 1 fully saturated rings. The van der Waals surface area contributed by atoms with Gasteiger partial charge in [-0.3, -0.25) is 14.2 Å². The fourth-order valence-electron chi connectivity index (χ4n) is 4.38. The quantitative estimate of drug-likeness (QED) is 0.476. The van der Waals surface area contributed by atoms with Crippen molar-refractivity contribution in [2.24, 2.45) is 5.92 Å². The summed E-state index contributed by atoms with van der Waals surface area (Å²) in [4.78, 5) is 32.1. The minimum Gasteiger partial charge on any atom is -0.324 e. The number of amides is 1. The van der Waals surface area contributed by atoms with Gasteiger partial charge in [0.2, 0.25) is 5.91 Å². The lowest BCUT2D eigenvalue weighted by Gasteiger charge is -2.23. The van der Waals surface area contributed by atoms with Crippen LogP contribution in [0, 0.1) is 19.8 Å². The molecule has 4 aromatic rings. The van der Waals surface area contributed by atoms with Crippen LogP contribution in [0.4, 0.5) is 5.69 Å². The molecular formula is C27H25N3O2. The fourth-order valence-corrected chi connectivity index (χ4v) is 4.38. The number of aryl methyl sites for hydroxylation is 2. The summed E-state index contributed by atoms with van der Waals surface area (Å²) in [6.07, 6.45) is 1.85. The van der Waals surface area contributed by atoms with Gasteiger partial charge in [0.05, 0.1) is 11.0 Å². The molecule has 1 aliphatic rings. The standard InChI is InChI=1S/C27H25N3O2/c1-17-9-8-10-18(2)23(17)29-26(31)25(20-15-16-20)30-22-14-7-6-13-21(22)28-24(27(30)32)19-11-4-3-5-12-19/h3-14,20,25H,15-16H2,1-2H3,(H,29,31). The number of hydrogen-bond donors (Lipinski definition) is 1. The molecule has 5 nitrogen and oxygen atoms in total. The summed E-state index contributed by atoms with van der Waals surface area (Å²) in [5, 5.41) is 3.13. The highest BCUT2D eigenvalue weighted by Gasteiger charge is 2.39. The van der Waals surface area contributed by atoms with E-state index >= 15 is 0 Å². The number of carbonyl (C=O) groups is 1. The molecule has 1 amide bonds. The molecule has 1 aliphatic carbocycles. The van der Waals surface area contributed by atoms with E-state index in [1.807, 2.05) is 86.6 Å². The number of fused-ring (bicyclic) bond motifs is 1. The maximum Gasteiger partial charge on any atom is 0.278 e. The third kappa shape index (κ3) is 3.60. The van der Waals surface area contributed by atoms with Gasteiger partial charge >= 0.3 is 0 Å². The molecule has 0 bridgehead atoms. The second-order valence-corrected chi connectivity index (χ2v) is 8.53. The smallest absolute Gasteiger partial charge is 0.278 e. The van der Waals surface area contributed by atoms with Gasteiger partial charge in [0, 0.05) is 11.3 Å². The van der Waals surface area contributed by atoms with Crippen LogP contribution in [0.1, 0.15) is 30.0 Å². The first-order valence-electron chi connectivity index (χ1n) is 11.0. The molecule has 0 aliphatic heterocycles. The van der Waals surface area contributed by atoms with Gasteiger partial charge in [-0.1, -0.05) is 60.7 Å². The van der Waals surface area contributed by atoms with E-state index in [1.165, 1.54) is 0 Å². The molecule has 160 valence electrons. The predicted octanol–water partition coefficient (Wildman–Crippen LogP) is 5.27. The van der Waals surface area contributed by atoms with Crippen LogP contribution in [-0.4, -0.2) is 15.5 Å². The second kappa shape index (κ2) is 8.08. The number of benzene rings is 3. The number of hydrogen-bond acceptors (Lipinski definition) is 3. The Morgan fingerprint density at radius 1 is 0.938 bits per heavy atom. The number of para-hydroxylation sites is 3. The first kappa shape index (κ1) is 20.2. The van der Waals surface area contributed by atoms with Crippen LogP contribution in [0.2, 0.25) is 0 Å². The Bertz CT molecular complexity index is 1350. The van der Waals surface area contributed by atoms with Crippen molar-refractivity contribution in [2.75, 3.05) is 5.32 Å². The van der Waals surface area contributed by atoms with E-state index in [0.29, 0.717) is 16.7 Å². The first-order valence-corrected chi connectivity index (χ1v) is 11.0. The van der Waals surface area contributed by atoms with Crippen molar-refractivity contribution in [1.29, 1.82) is 0 Å². The third-order valence-electron chi connectivity index (χ3n) is 6.19. The Morgan fingerprint density at radius 3 is 2.28 bits per heavy atom. The van der Waals surface area contributed by atoms with Crippen LogP contribution in [-0.2, 0) is 4.79 Å². The van der Waals surface area contributed by atoms with Gasteiger partial charge in [-0.2, -0.15) is 0 Å². The van der Waals surface area contributed by atoms with Gasteiger partial charge < -0.3 is 5.32 Å². The highest BCUT2D eigenvalue weighted by Crippen LogP contribution is 2.41. The first-order chi connectivity index (χ1) is 15.5. The van der Waals surface area contributed by atoms with E-state index in [1.54, 1.807) is 4.57 Å². The number of anilines is 1. The van der Waals surface area contributed by atoms with Crippen molar-refractivity contribution in [3.8, 4) is 11.3 Å². The average Bonchev–Trinajstić information content (AvgIpc) is 3.63. The lowest BCUT2D eigenvalue weighted by atomic mass is 10.1. The van der Waals surface area contributed by atoms with Crippen LogP contribution < -0.4 is 10.9 Å². The predicted molar refractivity (Wildman–Crippen MR) is 128 cm³/mol. The topological polar surface area (TPSA) is 64.0 Å². The Labute approximate surface area is 186 Å². The second-order valence-electron chi connectivity index (χ2n) is 8.53. The van der Waals surface area contributed by atoms with E-state index in [2.05, 4.69) is 10.3 Å². The number of nitrogens with zero attached hydrogens (tertiary/aromatic N) is 2. The largest absolute Gasteiger partial charge is 0.324 e. The average molecular weight is 424 g/mol. The van der Waals surface area contributed by atoms with Gasteiger partial charge in [-0.05, 0) is 55.9 Å². The molecule has 3 aromatic carbocycles. The number of aromatic nitrogens is 2. The zero-order valence-corrected chi connectivity index (χ0v) is 18.2. The minimum absolute atomic E-state index is 0.131. The Hall–Kier alpha value is -3.73. The number of rotatable bonds is 5. The molecular weight excluding hydrogens is 398 g/mol. The van der Waals surface area contributed by atoms with Crippen molar-refractivity contribution in [3.63, 3.8) is 0 Å². The van der Waals surface area contributed by atoms with Crippen molar-refractivity contribution >= 4 is 22.6 Å². The van der Waals surface area contributed by atoms with Gasteiger partial charge in [0.15, 0.2) is 0 Å². The zero-order valence-electron chi connectivity index (χ0n) is 18.2. The Kier molecular flexibility index (Phi) is 5.10. The summed E-state index contributed by atoms with van der Waals surface area (Å²) in [6.45, 7) is 3.96. The van der Waals surface area contributed by atoms with E-state index < -0.39 is 6.04 Å². The molecule has 32 heavy (non-hydrogen) atoms. The van der Waals surface area contributed by atoms with Crippen LogP contribution in [0.5, 0.6) is 0 Å². The summed E-state index contributed by atoms with van der Waals surface area (Å²) in [5.74, 6) is -0.0196. The fraction of sp³-hybridized carbons (Fsp3) is 0.222.